The maximum Gasteiger partial charge on any atom is 0.411 e. The molecular formula is C19H26N2O3. The van der Waals surface area contributed by atoms with E-state index in [2.05, 4.69) is 11.1 Å². The predicted octanol–water partition coefficient (Wildman–Crippen LogP) is 4.04. The first kappa shape index (κ1) is 16.8. The summed E-state index contributed by atoms with van der Waals surface area (Å²) in [5.41, 5.74) is 1.78. The number of aromatic nitrogens is 1. The van der Waals surface area contributed by atoms with E-state index in [-0.39, 0.29) is 18.2 Å². The summed E-state index contributed by atoms with van der Waals surface area (Å²) in [5.74, 6) is 0.646. The van der Waals surface area contributed by atoms with Gasteiger partial charge in [0.1, 0.15) is 5.60 Å². The van der Waals surface area contributed by atoms with Crippen molar-refractivity contribution >= 4 is 11.7 Å². The maximum atomic E-state index is 12.6. The average Bonchev–Trinajstić information content (AvgIpc) is 2.52. The number of carbonyl (C=O) groups is 1. The molecule has 0 aromatic carbocycles. The van der Waals surface area contributed by atoms with Crippen LogP contribution in [-0.2, 0) is 4.74 Å². The number of fused-ring (bicyclic) bond motifs is 2. The van der Waals surface area contributed by atoms with E-state index in [1.54, 1.807) is 13.3 Å². The third kappa shape index (κ3) is 3.40. The molecule has 5 heteroatoms. The molecule has 130 valence electrons. The number of nitrogens with zero attached hydrogens (tertiary/aromatic N) is 2. The smallest absolute Gasteiger partial charge is 0.411 e. The first-order valence-corrected chi connectivity index (χ1v) is 8.60. The molecule has 2 unspecified atom stereocenters. The Hall–Kier alpha value is -2.04. The van der Waals surface area contributed by atoms with Gasteiger partial charge in [-0.25, -0.2) is 9.78 Å². The van der Waals surface area contributed by atoms with E-state index in [1.165, 1.54) is 5.57 Å². The van der Waals surface area contributed by atoms with Crippen LogP contribution in [-0.4, -0.2) is 40.8 Å². The lowest BCUT2D eigenvalue weighted by molar-refractivity contribution is 0.0000814. The maximum absolute atomic E-state index is 12.6. The van der Waals surface area contributed by atoms with Crippen molar-refractivity contribution in [3.8, 4) is 5.88 Å². The van der Waals surface area contributed by atoms with E-state index in [0.29, 0.717) is 5.88 Å². The van der Waals surface area contributed by atoms with Crippen LogP contribution in [0.4, 0.5) is 4.79 Å². The molecule has 1 fully saturated rings. The summed E-state index contributed by atoms with van der Waals surface area (Å²) in [4.78, 5) is 18.9. The fraction of sp³-hybridized carbons (Fsp3) is 0.579. The van der Waals surface area contributed by atoms with Gasteiger partial charge in [0.25, 0.3) is 0 Å². The van der Waals surface area contributed by atoms with Crippen LogP contribution in [0.15, 0.2) is 24.4 Å². The molecule has 2 atom stereocenters. The van der Waals surface area contributed by atoms with Crippen molar-refractivity contribution in [1.29, 1.82) is 0 Å². The molecule has 1 aromatic rings. The van der Waals surface area contributed by atoms with Crippen molar-refractivity contribution in [2.45, 2.75) is 64.1 Å². The van der Waals surface area contributed by atoms with Crippen molar-refractivity contribution in [2.24, 2.45) is 0 Å². The number of methoxy groups -OCH3 is 1. The van der Waals surface area contributed by atoms with Gasteiger partial charge in [0.2, 0.25) is 5.88 Å². The highest BCUT2D eigenvalue weighted by Crippen LogP contribution is 2.39. The Labute approximate surface area is 143 Å². The summed E-state index contributed by atoms with van der Waals surface area (Å²) in [7, 11) is 1.64. The molecule has 3 rings (SSSR count). The number of amides is 1. The zero-order valence-electron chi connectivity index (χ0n) is 14.9. The highest BCUT2D eigenvalue weighted by Gasteiger charge is 2.39. The molecule has 1 aromatic heterocycles. The number of rotatable bonds is 2. The van der Waals surface area contributed by atoms with Crippen LogP contribution < -0.4 is 4.74 Å². The number of piperidine rings is 1. The lowest BCUT2D eigenvalue weighted by Crippen LogP contribution is -2.53. The van der Waals surface area contributed by atoms with Gasteiger partial charge in [-0.2, -0.15) is 0 Å². The van der Waals surface area contributed by atoms with Crippen LogP contribution >= 0.6 is 0 Å². The molecule has 1 amide bonds. The van der Waals surface area contributed by atoms with Gasteiger partial charge in [0.05, 0.1) is 13.2 Å². The molecule has 2 bridgehead atoms. The Kier molecular flexibility index (Phi) is 4.52. The zero-order valence-corrected chi connectivity index (χ0v) is 14.9. The van der Waals surface area contributed by atoms with E-state index in [0.717, 1.165) is 31.2 Å². The second-order valence-electron chi connectivity index (χ2n) is 7.50. The second-order valence-corrected chi connectivity index (χ2v) is 7.50. The van der Waals surface area contributed by atoms with E-state index < -0.39 is 5.60 Å². The molecule has 3 heterocycles. The van der Waals surface area contributed by atoms with Crippen LogP contribution in [0.5, 0.6) is 5.88 Å². The lowest BCUT2D eigenvalue weighted by Gasteiger charge is -2.45. The number of hydrogen-bond acceptors (Lipinski definition) is 4. The van der Waals surface area contributed by atoms with E-state index in [4.69, 9.17) is 9.47 Å². The summed E-state index contributed by atoms with van der Waals surface area (Å²) in [5, 5.41) is 0. The third-order valence-electron chi connectivity index (χ3n) is 4.55. The van der Waals surface area contributed by atoms with E-state index >= 15 is 0 Å². The minimum Gasteiger partial charge on any atom is -0.481 e. The van der Waals surface area contributed by atoms with Crippen LogP contribution in [0.25, 0.3) is 5.57 Å². The Morgan fingerprint density at radius 1 is 1.33 bits per heavy atom. The number of hydrogen-bond donors (Lipinski definition) is 0. The fourth-order valence-electron chi connectivity index (χ4n) is 3.63. The first-order valence-electron chi connectivity index (χ1n) is 8.60. The molecule has 0 aliphatic carbocycles. The van der Waals surface area contributed by atoms with Gasteiger partial charge in [-0.15, -0.1) is 0 Å². The topological polar surface area (TPSA) is 51.7 Å². The van der Waals surface area contributed by atoms with Crippen molar-refractivity contribution in [2.75, 3.05) is 7.11 Å². The molecule has 24 heavy (non-hydrogen) atoms. The van der Waals surface area contributed by atoms with Gasteiger partial charge >= 0.3 is 6.09 Å². The van der Waals surface area contributed by atoms with Gasteiger partial charge in [-0.3, -0.25) is 4.90 Å². The average molecular weight is 330 g/mol. The highest BCUT2D eigenvalue weighted by molar-refractivity contribution is 5.76. The van der Waals surface area contributed by atoms with Crippen molar-refractivity contribution in [1.82, 2.24) is 9.88 Å². The quantitative estimate of drug-likeness (QED) is 0.821. The lowest BCUT2D eigenvalue weighted by atomic mass is 9.83. The van der Waals surface area contributed by atoms with Crippen LogP contribution in [0.1, 0.15) is 52.0 Å². The monoisotopic (exact) mass is 330 g/mol. The van der Waals surface area contributed by atoms with Crippen molar-refractivity contribution in [3.63, 3.8) is 0 Å². The fourth-order valence-corrected chi connectivity index (χ4v) is 3.63. The summed E-state index contributed by atoms with van der Waals surface area (Å²) in [6, 6.07) is 4.24. The largest absolute Gasteiger partial charge is 0.481 e. The van der Waals surface area contributed by atoms with Crippen LogP contribution in [0, 0.1) is 0 Å². The van der Waals surface area contributed by atoms with Gasteiger partial charge in [-0.1, -0.05) is 6.08 Å². The number of ether oxygens (including phenoxy) is 2. The SMILES string of the molecule is COc1ncccc1C1=CC2CCCC(C1)N2C(=O)OC(C)(C)C. The van der Waals surface area contributed by atoms with Crippen LogP contribution in [0.3, 0.4) is 0 Å². The molecule has 0 N–H and O–H groups in total. The van der Waals surface area contributed by atoms with Gasteiger partial charge in [0.15, 0.2) is 0 Å². The summed E-state index contributed by atoms with van der Waals surface area (Å²) in [6.07, 6.45) is 7.67. The summed E-state index contributed by atoms with van der Waals surface area (Å²) < 4.78 is 11.0. The first-order chi connectivity index (χ1) is 11.4. The minimum atomic E-state index is -0.470. The van der Waals surface area contributed by atoms with Gasteiger partial charge in [-0.05, 0) is 64.2 Å². The number of carbonyl (C=O) groups excluding carboxylic acids is 1. The van der Waals surface area contributed by atoms with E-state index in [9.17, 15) is 4.79 Å². The standard InChI is InChI=1S/C19H26N2O3/c1-19(2,3)24-18(22)21-14-7-5-8-15(21)12-13(11-14)16-9-6-10-20-17(16)23-4/h6,9-11,14-15H,5,7-8,12H2,1-4H3. The molecule has 2 aliphatic heterocycles. The highest BCUT2D eigenvalue weighted by atomic mass is 16.6. The Bertz CT molecular complexity index is 648. The summed E-state index contributed by atoms with van der Waals surface area (Å²) in [6.45, 7) is 5.73. The second kappa shape index (κ2) is 6.46. The molecule has 0 spiro atoms. The Balaban J connectivity index is 1.89. The molecular weight excluding hydrogens is 304 g/mol. The Morgan fingerprint density at radius 3 is 2.79 bits per heavy atom. The van der Waals surface area contributed by atoms with Gasteiger partial charge < -0.3 is 9.47 Å². The predicted molar refractivity (Wildman–Crippen MR) is 92.9 cm³/mol. The normalized spacial score (nSPS) is 23.5. The molecule has 1 saturated heterocycles. The summed E-state index contributed by atoms with van der Waals surface area (Å²) >= 11 is 0. The zero-order chi connectivity index (χ0) is 17.3. The van der Waals surface area contributed by atoms with Crippen LogP contribution in [0.2, 0.25) is 0 Å². The number of pyridine rings is 1. The van der Waals surface area contributed by atoms with Crippen molar-refractivity contribution in [3.05, 3.63) is 30.0 Å². The molecule has 5 nitrogen and oxygen atoms in total. The minimum absolute atomic E-state index is 0.0901. The van der Waals surface area contributed by atoms with Gasteiger partial charge in [0, 0.05) is 17.8 Å². The van der Waals surface area contributed by atoms with E-state index in [1.807, 2.05) is 37.8 Å². The Morgan fingerprint density at radius 2 is 2.12 bits per heavy atom. The molecule has 0 radical (unpaired) electrons. The molecule has 0 saturated carbocycles. The third-order valence-corrected chi connectivity index (χ3v) is 4.55. The molecule has 2 aliphatic rings. The van der Waals surface area contributed by atoms with Crippen molar-refractivity contribution < 1.29 is 14.3 Å².